The zero-order chi connectivity index (χ0) is 21.4. The van der Waals surface area contributed by atoms with Crippen molar-refractivity contribution < 1.29 is 33.2 Å². The van der Waals surface area contributed by atoms with Gasteiger partial charge in [-0.2, -0.15) is 4.39 Å². The van der Waals surface area contributed by atoms with Crippen LogP contribution in [-0.2, 0) is 14.3 Å². The highest BCUT2D eigenvalue weighted by Gasteiger charge is 2.16. The number of nitrogens with zero attached hydrogens (tertiary/aromatic N) is 1. The van der Waals surface area contributed by atoms with Gasteiger partial charge in [-0.05, 0) is 36.4 Å². The lowest BCUT2D eigenvalue weighted by atomic mass is 10.1. The minimum Gasteiger partial charge on any atom is -0.482 e. The summed E-state index contributed by atoms with van der Waals surface area (Å²) in [5.74, 6) is -2.30. The summed E-state index contributed by atoms with van der Waals surface area (Å²) < 4.78 is 23.2. The Labute approximate surface area is 164 Å². The van der Waals surface area contributed by atoms with Gasteiger partial charge in [-0.25, -0.2) is 4.79 Å². The monoisotopic (exact) mass is 404 g/mol. The Hall–Kier alpha value is -3.82. The minimum atomic E-state index is -1.04. The van der Waals surface area contributed by atoms with E-state index in [9.17, 15) is 28.9 Å². The smallest absolute Gasteiger partial charge is 0.344 e. The average molecular weight is 404 g/mol. The first-order valence-electron chi connectivity index (χ1n) is 8.45. The molecule has 0 spiro atoms. The Kier molecular flexibility index (Phi) is 7.35. The number of Topliss-reactive ketones (excluding diaryl/α,β-unsaturated/α-hetero) is 1. The highest BCUT2D eigenvalue weighted by molar-refractivity contribution is 5.96. The first-order valence-corrected chi connectivity index (χ1v) is 8.45. The standard InChI is InChI=1S/C19H17FN2O7/c1-2-17(23)12-3-6-14(7-4-12)28-11-19(25)29-10-18(24)21-13-5-8-15(20)16(9-13)22(26)27/h3-9H,2,10-11H2,1H3,(H,21,24). The molecule has 9 nitrogen and oxygen atoms in total. The number of hydrogen-bond donors (Lipinski definition) is 1. The molecule has 0 unspecified atom stereocenters. The maximum absolute atomic E-state index is 13.3. The molecule has 29 heavy (non-hydrogen) atoms. The molecule has 0 aliphatic carbocycles. The van der Waals surface area contributed by atoms with Crippen LogP contribution in [0, 0.1) is 15.9 Å². The average Bonchev–Trinajstić information content (AvgIpc) is 2.71. The fourth-order valence-corrected chi connectivity index (χ4v) is 2.20. The summed E-state index contributed by atoms with van der Waals surface area (Å²) in [6.07, 6.45) is 0.375. The van der Waals surface area contributed by atoms with E-state index in [1.54, 1.807) is 19.1 Å². The molecule has 2 aromatic carbocycles. The molecule has 0 radical (unpaired) electrons. The molecular formula is C19H17FN2O7. The summed E-state index contributed by atoms with van der Waals surface area (Å²) in [6, 6.07) is 9.04. The van der Waals surface area contributed by atoms with E-state index < -0.39 is 41.5 Å². The molecular weight excluding hydrogens is 387 g/mol. The normalized spacial score (nSPS) is 10.1. The van der Waals surface area contributed by atoms with E-state index in [2.05, 4.69) is 5.32 Å². The van der Waals surface area contributed by atoms with Crippen LogP contribution in [-0.4, -0.2) is 35.8 Å². The van der Waals surface area contributed by atoms with Gasteiger partial charge in [0.1, 0.15) is 5.75 Å². The van der Waals surface area contributed by atoms with Crippen molar-refractivity contribution in [2.24, 2.45) is 0 Å². The number of anilines is 1. The zero-order valence-corrected chi connectivity index (χ0v) is 15.3. The first-order chi connectivity index (χ1) is 13.8. The molecule has 1 amide bonds. The molecule has 0 heterocycles. The van der Waals surface area contributed by atoms with Crippen LogP contribution in [0.15, 0.2) is 42.5 Å². The molecule has 10 heteroatoms. The largest absolute Gasteiger partial charge is 0.482 e. The Morgan fingerprint density at radius 3 is 2.41 bits per heavy atom. The van der Waals surface area contributed by atoms with E-state index in [1.165, 1.54) is 12.1 Å². The van der Waals surface area contributed by atoms with Crippen molar-refractivity contribution in [3.05, 3.63) is 64.0 Å². The maximum Gasteiger partial charge on any atom is 0.344 e. The van der Waals surface area contributed by atoms with Crippen LogP contribution < -0.4 is 10.1 Å². The van der Waals surface area contributed by atoms with Crippen molar-refractivity contribution in [2.75, 3.05) is 18.5 Å². The maximum atomic E-state index is 13.3. The van der Waals surface area contributed by atoms with Crippen LogP contribution in [0.5, 0.6) is 5.75 Å². The van der Waals surface area contributed by atoms with Crippen molar-refractivity contribution in [1.82, 2.24) is 0 Å². The zero-order valence-electron chi connectivity index (χ0n) is 15.3. The van der Waals surface area contributed by atoms with Crippen molar-refractivity contribution in [2.45, 2.75) is 13.3 Å². The van der Waals surface area contributed by atoms with Gasteiger partial charge >= 0.3 is 11.7 Å². The molecule has 1 N–H and O–H groups in total. The van der Waals surface area contributed by atoms with Crippen LogP contribution in [0.25, 0.3) is 0 Å². The Morgan fingerprint density at radius 2 is 1.79 bits per heavy atom. The van der Waals surface area contributed by atoms with E-state index in [0.717, 1.165) is 18.2 Å². The third-order valence-corrected chi connectivity index (χ3v) is 3.64. The molecule has 0 aliphatic rings. The molecule has 0 saturated carbocycles. The topological polar surface area (TPSA) is 125 Å². The second-order valence-electron chi connectivity index (χ2n) is 5.72. The third kappa shape index (κ3) is 6.38. The van der Waals surface area contributed by atoms with E-state index in [-0.39, 0.29) is 11.5 Å². The molecule has 0 fully saturated rings. The molecule has 0 saturated heterocycles. The van der Waals surface area contributed by atoms with Crippen molar-refractivity contribution >= 4 is 29.0 Å². The Morgan fingerprint density at radius 1 is 1.10 bits per heavy atom. The van der Waals surface area contributed by atoms with Crippen LogP contribution in [0.2, 0.25) is 0 Å². The molecule has 0 aromatic heterocycles. The Balaban J connectivity index is 1.79. The molecule has 152 valence electrons. The number of carbonyl (C=O) groups is 3. The summed E-state index contributed by atoms with van der Waals surface area (Å²) >= 11 is 0. The van der Waals surface area contributed by atoms with Gasteiger partial charge in [0.05, 0.1) is 4.92 Å². The second-order valence-corrected chi connectivity index (χ2v) is 5.72. The number of rotatable bonds is 9. The van der Waals surface area contributed by atoms with Gasteiger partial charge in [0.2, 0.25) is 5.82 Å². The fourth-order valence-electron chi connectivity index (χ4n) is 2.20. The van der Waals surface area contributed by atoms with E-state index in [1.807, 2.05) is 0 Å². The molecule has 2 aromatic rings. The van der Waals surface area contributed by atoms with E-state index >= 15 is 0 Å². The summed E-state index contributed by atoms with van der Waals surface area (Å²) in [5.41, 5.74) is -0.280. The van der Waals surface area contributed by atoms with Crippen LogP contribution >= 0.6 is 0 Å². The van der Waals surface area contributed by atoms with Crippen molar-refractivity contribution in [1.29, 1.82) is 0 Å². The number of esters is 1. The fraction of sp³-hybridized carbons (Fsp3) is 0.211. The van der Waals surface area contributed by atoms with Crippen LogP contribution in [0.3, 0.4) is 0 Å². The number of ketones is 1. The van der Waals surface area contributed by atoms with Gasteiger partial charge in [0, 0.05) is 23.7 Å². The number of nitro benzene ring substituents is 1. The predicted molar refractivity (Wildman–Crippen MR) is 99.2 cm³/mol. The SMILES string of the molecule is CCC(=O)c1ccc(OCC(=O)OCC(=O)Nc2ccc(F)c([N+](=O)[O-])c2)cc1. The second kappa shape index (κ2) is 9.93. The highest BCUT2D eigenvalue weighted by Crippen LogP contribution is 2.21. The lowest BCUT2D eigenvalue weighted by molar-refractivity contribution is -0.387. The first kappa shape index (κ1) is 21.5. The molecule has 0 bridgehead atoms. The van der Waals surface area contributed by atoms with Crippen LogP contribution in [0.1, 0.15) is 23.7 Å². The van der Waals surface area contributed by atoms with Crippen molar-refractivity contribution in [3.8, 4) is 5.75 Å². The summed E-state index contributed by atoms with van der Waals surface area (Å²) in [6.45, 7) is 0.629. The number of nitro groups is 1. The van der Waals surface area contributed by atoms with E-state index in [4.69, 9.17) is 9.47 Å². The van der Waals surface area contributed by atoms with Gasteiger partial charge in [-0.15, -0.1) is 0 Å². The van der Waals surface area contributed by atoms with Gasteiger partial charge < -0.3 is 14.8 Å². The number of ether oxygens (including phenoxy) is 2. The Bertz CT molecular complexity index is 929. The molecule has 2 rings (SSSR count). The number of amides is 1. The predicted octanol–water partition coefficient (Wildman–Crippen LogP) is 2.89. The highest BCUT2D eigenvalue weighted by atomic mass is 19.1. The number of hydrogen-bond acceptors (Lipinski definition) is 7. The van der Waals surface area contributed by atoms with Gasteiger partial charge in [-0.3, -0.25) is 19.7 Å². The summed E-state index contributed by atoms with van der Waals surface area (Å²) in [5, 5.41) is 12.9. The van der Waals surface area contributed by atoms with E-state index in [0.29, 0.717) is 17.7 Å². The number of halogens is 1. The third-order valence-electron chi connectivity index (χ3n) is 3.64. The number of carbonyl (C=O) groups excluding carboxylic acids is 3. The minimum absolute atomic E-state index is 0.0166. The molecule has 0 aliphatic heterocycles. The van der Waals surface area contributed by atoms with Crippen LogP contribution in [0.4, 0.5) is 15.8 Å². The number of nitrogens with one attached hydrogen (secondary N) is 1. The molecule has 0 atom stereocenters. The lowest BCUT2D eigenvalue weighted by Gasteiger charge is -2.08. The lowest BCUT2D eigenvalue weighted by Crippen LogP contribution is -2.23. The number of benzene rings is 2. The van der Waals surface area contributed by atoms with Gasteiger partial charge in [0.25, 0.3) is 5.91 Å². The van der Waals surface area contributed by atoms with Crippen molar-refractivity contribution in [3.63, 3.8) is 0 Å². The summed E-state index contributed by atoms with van der Waals surface area (Å²) in [4.78, 5) is 44.7. The summed E-state index contributed by atoms with van der Waals surface area (Å²) in [7, 11) is 0. The van der Waals surface area contributed by atoms with Gasteiger partial charge in [-0.1, -0.05) is 6.92 Å². The van der Waals surface area contributed by atoms with Gasteiger partial charge in [0.15, 0.2) is 19.0 Å². The quantitative estimate of drug-likeness (QED) is 0.295.